The Balaban J connectivity index is 1.91. The molecule has 0 bridgehead atoms. The van der Waals surface area contributed by atoms with Crippen LogP contribution in [0.25, 0.3) is 0 Å². The van der Waals surface area contributed by atoms with Crippen molar-refractivity contribution in [2.45, 2.75) is 57.7 Å². The molecule has 0 saturated heterocycles. The minimum Gasteiger partial charge on any atom is -0.380 e. The third-order valence-electron chi connectivity index (χ3n) is 4.42. The fraction of sp³-hybridized carbons (Fsp3) is 0.625. The summed E-state index contributed by atoms with van der Waals surface area (Å²) < 4.78 is 37.6. The number of carbonyl (C=O) groups excluding carboxylic acids is 2. The summed E-state index contributed by atoms with van der Waals surface area (Å²) in [5.74, 6) is -1.10. The minimum absolute atomic E-state index is 0.407. The van der Waals surface area contributed by atoms with E-state index in [0.29, 0.717) is 17.7 Å². The van der Waals surface area contributed by atoms with Gasteiger partial charge in [-0.3, -0.25) is 20.4 Å². The summed E-state index contributed by atoms with van der Waals surface area (Å²) in [5, 5.41) is 9.27. The van der Waals surface area contributed by atoms with E-state index in [1.54, 1.807) is 6.07 Å². The van der Waals surface area contributed by atoms with Crippen molar-refractivity contribution in [3.63, 3.8) is 0 Å². The molecular weight excluding hydrogens is 357 g/mol. The van der Waals surface area contributed by atoms with Crippen LogP contribution in [0.3, 0.4) is 0 Å². The van der Waals surface area contributed by atoms with E-state index in [1.165, 1.54) is 11.3 Å². The zero-order valence-corrected chi connectivity index (χ0v) is 14.8. The number of thiophene rings is 1. The van der Waals surface area contributed by atoms with Gasteiger partial charge in [-0.05, 0) is 43.7 Å². The van der Waals surface area contributed by atoms with Gasteiger partial charge in [-0.15, -0.1) is 11.3 Å². The van der Waals surface area contributed by atoms with E-state index in [1.807, 2.05) is 5.43 Å². The molecule has 140 valence electrons. The Labute approximate surface area is 147 Å². The summed E-state index contributed by atoms with van der Waals surface area (Å²) in [6, 6.07) is 1.77. The number of hydrogen-bond donors (Lipinski definition) is 3. The zero-order chi connectivity index (χ0) is 18.8. The van der Waals surface area contributed by atoms with Gasteiger partial charge in [-0.25, -0.2) is 0 Å². The number of fused-ring (bicyclic) bond motifs is 1. The molecule has 0 radical (unpaired) electrons. The van der Waals surface area contributed by atoms with Crippen molar-refractivity contribution in [3.8, 4) is 0 Å². The summed E-state index contributed by atoms with van der Waals surface area (Å²) in [6.07, 6.45) is -2.16. The highest BCUT2D eigenvalue weighted by Gasteiger charge is 2.51. The topological polar surface area (TPSA) is 78.4 Å². The molecule has 2 rings (SSSR count). The van der Waals surface area contributed by atoms with Gasteiger partial charge in [0.05, 0.1) is 11.3 Å². The first-order chi connectivity index (χ1) is 11.5. The molecular formula is C16H21F3N2O3S. The molecule has 0 spiro atoms. The maximum atomic E-state index is 12.5. The molecule has 0 aromatic carbocycles. The number of alkyl halides is 3. The number of rotatable bonds is 4. The summed E-state index contributed by atoms with van der Waals surface area (Å²) >= 11 is 1.33. The smallest absolute Gasteiger partial charge is 0.380 e. The van der Waals surface area contributed by atoms with Crippen LogP contribution in [0, 0.1) is 5.92 Å². The van der Waals surface area contributed by atoms with Gasteiger partial charge >= 0.3 is 6.18 Å². The SMILES string of the molecule is CC[C@H]1CCc2sc(C(=O)NNC(=O)C[C@@](C)(O)C(F)(F)F)cc2C1. The second-order valence-electron chi connectivity index (χ2n) is 6.53. The maximum absolute atomic E-state index is 12.5. The van der Waals surface area contributed by atoms with E-state index in [-0.39, 0.29) is 0 Å². The average molecular weight is 378 g/mol. The summed E-state index contributed by atoms with van der Waals surface area (Å²) in [4.78, 5) is 25.2. The molecule has 0 saturated carbocycles. The van der Waals surface area contributed by atoms with Crippen LogP contribution in [0.5, 0.6) is 0 Å². The van der Waals surface area contributed by atoms with Gasteiger partial charge in [0, 0.05) is 4.88 Å². The van der Waals surface area contributed by atoms with Gasteiger partial charge in [-0.2, -0.15) is 13.2 Å². The molecule has 1 aliphatic carbocycles. The highest BCUT2D eigenvalue weighted by Crippen LogP contribution is 2.34. The Morgan fingerprint density at radius 2 is 2.04 bits per heavy atom. The van der Waals surface area contributed by atoms with Crippen molar-refractivity contribution < 1.29 is 27.9 Å². The summed E-state index contributed by atoms with van der Waals surface area (Å²) in [5.41, 5.74) is 1.99. The monoisotopic (exact) mass is 378 g/mol. The lowest BCUT2D eigenvalue weighted by atomic mass is 9.87. The zero-order valence-electron chi connectivity index (χ0n) is 14.0. The van der Waals surface area contributed by atoms with Gasteiger partial charge in [0.25, 0.3) is 5.91 Å². The molecule has 0 aliphatic heterocycles. The van der Waals surface area contributed by atoms with Crippen molar-refractivity contribution >= 4 is 23.2 Å². The van der Waals surface area contributed by atoms with Gasteiger partial charge < -0.3 is 5.11 Å². The van der Waals surface area contributed by atoms with Crippen LogP contribution in [0.4, 0.5) is 13.2 Å². The van der Waals surface area contributed by atoms with Gasteiger partial charge in [0.1, 0.15) is 0 Å². The Hall–Kier alpha value is -1.61. The molecule has 1 heterocycles. The number of hydrogen-bond acceptors (Lipinski definition) is 4. The third-order valence-corrected chi connectivity index (χ3v) is 5.65. The average Bonchev–Trinajstić information content (AvgIpc) is 2.94. The van der Waals surface area contributed by atoms with Crippen LogP contribution in [0.15, 0.2) is 6.07 Å². The maximum Gasteiger partial charge on any atom is 0.417 e. The first kappa shape index (κ1) is 19.7. The largest absolute Gasteiger partial charge is 0.417 e. The first-order valence-electron chi connectivity index (χ1n) is 8.03. The van der Waals surface area contributed by atoms with Crippen LogP contribution < -0.4 is 10.9 Å². The highest BCUT2D eigenvalue weighted by molar-refractivity contribution is 7.14. The van der Waals surface area contributed by atoms with E-state index >= 15 is 0 Å². The van der Waals surface area contributed by atoms with Crippen LogP contribution in [0.1, 0.15) is 53.2 Å². The highest BCUT2D eigenvalue weighted by atomic mass is 32.1. The van der Waals surface area contributed by atoms with E-state index in [9.17, 15) is 27.9 Å². The standard InChI is InChI=1S/C16H21F3N2O3S/c1-3-9-4-5-11-10(6-9)7-12(25-11)14(23)21-20-13(22)8-15(2,24)16(17,18)19/h7,9,24H,3-6,8H2,1-2H3,(H,20,22)(H,21,23)/t9-,15+/m0/s1. The van der Waals surface area contributed by atoms with Crippen molar-refractivity contribution in [1.29, 1.82) is 0 Å². The first-order valence-corrected chi connectivity index (χ1v) is 8.85. The number of aryl methyl sites for hydroxylation is 1. The van der Waals surface area contributed by atoms with Crippen molar-refractivity contribution in [1.82, 2.24) is 10.9 Å². The lowest BCUT2D eigenvalue weighted by molar-refractivity contribution is -0.253. The number of halogens is 3. The number of aliphatic hydroxyl groups is 1. The molecule has 0 fully saturated rings. The van der Waals surface area contributed by atoms with Crippen LogP contribution in [-0.2, 0) is 17.6 Å². The molecule has 2 amide bonds. The fourth-order valence-electron chi connectivity index (χ4n) is 2.70. The quantitative estimate of drug-likeness (QED) is 0.705. The Bertz CT molecular complexity index is 656. The Morgan fingerprint density at radius 1 is 1.36 bits per heavy atom. The molecule has 1 aliphatic rings. The normalized spacial score (nSPS) is 19.7. The van der Waals surface area contributed by atoms with E-state index in [0.717, 1.165) is 36.1 Å². The van der Waals surface area contributed by atoms with Crippen molar-refractivity contribution in [2.75, 3.05) is 0 Å². The van der Waals surface area contributed by atoms with E-state index < -0.39 is 30.0 Å². The van der Waals surface area contributed by atoms with Gasteiger partial charge in [0.2, 0.25) is 5.91 Å². The molecule has 9 heteroatoms. The second kappa shape index (κ2) is 7.33. The minimum atomic E-state index is -4.93. The molecule has 1 aromatic rings. The fourth-order valence-corrected chi connectivity index (χ4v) is 3.81. The molecule has 5 nitrogen and oxygen atoms in total. The number of carbonyl (C=O) groups is 2. The molecule has 1 aromatic heterocycles. The van der Waals surface area contributed by atoms with E-state index in [2.05, 4.69) is 12.3 Å². The molecule has 3 N–H and O–H groups in total. The Kier molecular flexibility index (Phi) is 5.78. The lowest BCUT2D eigenvalue weighted by Crippen LogP contribution is -2.49. The number of nitrogens with one attached hydrogen (secondary N) is 2. The molecule has 0 unspecified atom stereocenters. The van der Waals surface area contributed by atoms with Crippen LogP contribution >= 0.6 is 11.3 Å². The van der Waals surface area contributed by atoms with Gasteiger partial charge in [0.15, 0.2) is 5.60 Å². The Morgan fingerprint density at radius 3 is 2.64 bits per heavy atom. The van der Waals surface area contributed by atoms with Crippen molar-refractivity contribution in [3.05, 3.63) is 21.4 Å². The van der Waals surface area contributed by atoms with Crippen molar-refractivity contribution in [2.24, 2.45) is 5.92 Å². The predicted octanol–water partition coefficient (Wildman–Crippen LogP) is 2.73. The molecule has 25 heavy (non-hydrogen) atoms. The molecule has 2 atom stereocenters. The van der Waals surface area contributed by atoms with Crippen LogP contribution in [0.2, 0.25) is 0 Å². The summed E-state index contributed by atoms with van der Waals surface area (Å²) in [6.45, 7) is 2.63. The van der Waals surface area contributed by atoms with E-state index in [4.69, 9.17) is 0 Å². The number of hydrazine groups is 1. The second-order valence-corrected chi connectivity index (χ2v) is 7.66. The third kappa shape index (κ3) is 4.72. The summed E-state index contributed by atoms with van der Waals surface area (Å²) in [7, 11) is 0. The lowest BCUT2D eigenvalue weighted by Gasteiger charge is -2.25. The number of amides is 2. The predicted molar refractivity (Wildman–Crippen MR) is 87.0 cm³/mol. The van der Waals surface area contributed by atoms with Crippen LogP contribution in [-0.4, -0.2) is 28.7 Å². The van der Waals surface area contributed by atoms with Gasteiger partial charge in [-0.1, -0.05) is 13.3 Å².